The molecule has 0 radical (unpaired) electrons. The molecular weight excluding hydrogens is 242 g/mol. The Morgan fingerprint density at radius 3 is 3.00 bits per heavy atom. The molecule has 0 amide bonds. The molecule has 0 aliphatic rings. The van der Waals surface area contributed by atoms with Gasteiger partial charge in [-0.15, -0.1) is 0 Å². The molecule has 96 valence electrons. The van der Waals surface area contributed by atoms with Crippen molar-refractivity contribution >= 4 is 16.6 Å². The Kier molecular flexibility index (Phi) is 2.75. The van der Waals surface area contributed by atoms with Crippen LogP contribution in [0.15, 0.2) is 41.5 Å². The smallest absolute Gasteiger partial charge is 0.257 e. The van der Waals surface area contributed by atoms with Gasteiger partial charge in [0.05, 0.1) is 6.54 Å². The van der Waals surface area contributed by atoms with Gasteiger partial charge in [0, 0.05) is 12.4 Å². The summed E-state index contributed by atoms with van der Waals surface area (Å²) in [6.07, 6.45) is 1.64. The van der Waals surface area contributed by atoms with Crippen molar-refractivity contribution in [3.8, 4) is 0 Å². The first-order valence-electron chi connectivity index (χ1n) is 5.93. The lowest BCUT2D eigenvalue weighted by Gasteiger charge is -2.05. The van der Waals surface area contributed by atoms with Crippen molar-refractivity contribution in [3.63, 3.8) is 0 Å². The van der Waals surface area contributed by atoms with Crippen LogP contribution in [0.25, 0.3) is 10.8 Å². The monoisotopic (exact) mass is 255 g/mol. The van der Waals surface area contributed by atoms with Crippen molar-refractivity contribution in [2.75, 3.05) is 5.32 Å². The Hall–Kier alpha value is -2.63. The highest BCUT2D eigenvalue weighted by atomic mass is 16.1. The van der Waals surface area contributed by atoms with Gasteiger partial charge < -0.3 is 10.3 Å². The molecule has 0 spiro atoms. The number of nitrogens with one attached hydrogen (secondary N) is 2. The van der Waals surface area contributed by atoms with Gasteiger partial charge in [0.25, 0.3) is 5.56 Å². The number of hydrogen-bond acceptors (Lipinski definition) is 4. The summed E-state index contributed by atoms with van der Waals surface area (Å²) in [5.74, 6) is 1.34. The lowest BCUT2D eigenvalue weighted by atomic mass is 10.2. The number of pyridine rings is 1. The summed E-state index contributed by atoms with van der Waals surface area (Å²) in [7, 11) is 1.81. The predicted molar refractivity (Wildman–Crippen MR) is 72.9 cm³/mol. The zero-order chi connectivity index (χ0) is 13.2. The van der Waals surface area contributed by atoms with E-state index in [0.717, 1.165) is 5.39 Å². The lowest BCUT2D eigenvalue weighted by molar-refractivity contribution is 0.747. The summed E-state index contributed by atoms with van der Waals surface area (Å²) in [4.78, 5) is 18.8. The maximum absolute atomic E-state index is 11.9. The average Bonchev–Trinajstić information content (AvgIpc) is 2.82. The third-order valence-corrected chi connectivity index (χ3v) is 2.84. The first-order chi connectivity index (χ1) is 9.22. The fourth-order valence-electron chi connectivity index (χ4n) is 1.95. The van der Waals surface area contributed by atoms with E-state index in [9.17, 15) is 4.79 Å². The molecule has 3 rings (SSSR count). The summed E-state index contributed by atoms with van der Waals surface area (Å²) < 4.78 is 1.64. The van der Waals surface area contributed by atoms with Gasteiger partial charge in [-0.2, -0.15) is 5.10 Å². The van der Waals surface area contributed by atoms with Crippen LogP contribution in [0.1, 0.15) is 5.82 Å². The Morgan fingerprint density at radius 1 is 1.37 bits per heavy atom. The van der Waals surface area contributed by atoms with Crippen molar-refractivity contribution < 1.29 is 0 Å². The van der Waals surface area contributed by atoms with Crippen molar-refractivity contribution in [2.45, 2.75) is 6.54 Å². The summed E-state index contributed by atoms with van der Waals surface area (Å²) in [5.41, 5.74) is -0.102. The quantitative estimate of drug-likeness (QED) is 0.739. The van der Waals surface area contributed by atoms with E-state index in [2.05, 4.69) is 20.4 Å². The van der Waals surface area contributed by atoms with Gasteiger partial charge in [0.2, 0.25) is 0 Å². The Morgan fingerprint density at radius 2 is 2.21 bits per heavy atom. The number of H-pyrrole nitrogens is 1. The molecule has 2 heterocycles. The van der Waals surface area contributed by atoms with Crippen LogP contribution in [0.3, 0.4) is 0 Å². The first-order valence-corrected chi connectivity index (χ1v) is 5.93. The standard InChI is InChI=1S/C13H13N5O/c1-18-8-15-12(17-18)7-14-11-6-9-4-2-3-5-10(9)13(19)16-11/h2-6,8H,7H2,1H3,(H2,14,16,19). The molecule has 3 aromatic rings. The second kappa shape index (κ2) is 4.56. The molecule has 6 nitrogen and oxygen atoms in total. The van der Waals surface area contributed by atoms with Gasteiger partial charge in [-0.25, -0.2) is 4.98 Å². The van der Waals surface area contributed by atoms with E-state index in [0.29, 0.717) is 23.6 Å². The van der Waals surface area contributed by atoms with E-state index in [-0.39, 0.29) is 5.56 Å². The number of benzene rings is 1. The second-order valence-electron chi connectivity index (χ2n) is 4.29. The summed E-state index contributed by atoms with van der Waals surface area (Å²) in [6.45, 7) is 0.467. The zero-order valence-electron chi connectivity index (χ0n) is 10.4. The van der Waals surface area contributed by atoms with Crippen molar-refractivity contribution in [3.05, 3.63) is 52.8 Å². The maximum atomic E-state index is 11.9. The Labute approximate surface area is 109 Å². The highest BCUT2D eigenvalue weighted by Crippen LogP contribution is 2.12. The molecule has 6 heteroatoms. The molecule has 0 unspecified atom stereocenters. The number of aromatic nitrogens is 4. The minimum absolute atomic E-state index is 0.102. The minimum Gasteiger partial charge on any atom is -0.364 e. The lowest BCUT2D eigenvalue weighted by Crippen LogP contribution is -2.11. The molecule has 0 fully saturated rings. The summed E-state index contributed by atoms with van der Waals surface area (Å²) >= 11 is 0. The summed E-state index contributed by atoms with van der Waals surface area (Å²) in [6, 6.07) is 9.38. The van der Waals surface area contributed by atoms with Gasteiger partial charge in [0.15, 0.2) is 5.82 Å². The predicted octanol–water partition coefficient (Wildman–Crippen LogP) is 1.27. The third kappa shape index (κ3) is 2.33. The van der Waals surface area contributed by atoms with E-state index < -0.39 is 0 Å². The van der Waals surface area contributed by atoms with Crippen molar-refractivity contribution in [1.29, 1.82) is 0 Å². The molecule has 1 aromatic carbocycles. The van der Waals surface area contributed by atoms with Gasteiger partial charge in [-0.05, 0) is 17.5 Å². The van der Waals surface area contributed by atoms with E-state index in [1.165, 1.54) is 0 Å². The molecule has 19 heavy (non-hydrogen) atoms. The fourth-order valence-corrected chi connectivity index (χ4v) is 1.95. The third-order valence-electron chi connectivity index (χ3n) is 2.84. The van der Waals surface area contributed by atoms with Crippen LogP contribution in [0.5, 0.6) is 0 Å². The first kappa shape index (κ1) is 11.5. The van der Waals surface area contributed by atoms with Crippen molar-refractivity contribution in [2.24, 2.45) is 7.05 Å². The van der Waals surface area contributed by atoms with Crippen LogP contribution < -0.4 is 10.9 Å². The number of rotatable bonds is 3. The van der Waals surface area contributed by atoms with Gasteiger partial charge >= 0.3 is 0 Å². The topological polar surface area (TPSA) is 75.6 Å². The molecule has 0 aliphatic carbocycles. The molecule has 0 saturated carbocycles. The number of aromatic amines is 1. The van der Waals surface area contributed by atoms with Gasteiger partial charge in [0.1, 0.15) is 12.1 Å². The summed E-state index contributed by atoms with van der Waals surface area (Å²) in [5, 5.41) is 8.86. The number of hydrogen-bond donors (Lipinski definition) is 2. The zero-order valence-corrected chi connectivity index (χ0v) is 10.4. The Balaban J connectivity index is 1.87. The maximum Gasteiger partial charge on any atom is 0.257 e. The molecular formula is C13H13N5O. The average molecular weight is 255 g/mol. The van der Waals surface area contributed by atoms with Crippen LogP contribution >= 0.6 is 0 Å². The van der Waals surface area contributed by atoms with Crippen LogP contribution in [0.4, 0.5) is 5.82 Å². The molecule has 0 saturated heterocycles. The van der Waals surface area contributed by atoms with Crippen LogP contribution in [-0.4, -0.2) is 19.7 Å². The van der Waals surface area contributed by atoms with Gasteiger partial charge in [-0.1, -0.05) is 18.2 Å². The fraction of sp³-hybridized carbons (Fsp3) is 0.154. The largest absolute Gasteiger partial charge is 0.364 e. The Bertz CT molecular complexity index is 774. The molecule has 2 aromatic heterocycles. The van der Waals surface area contributed by atoms with E-state index in [4.69, 9.17) is 0 Å². The highest BCUT2D eigenvalue weighted by molar-refractivity contribution is 5.83. The number of fused-ring (bicyclic) bond motifs is 1. The van der Waals surface area contributed by atoms with E-state index in [1.54, 1.807) is 17.1 Å². The molecule has 0 bridgehead atoms. The number of nitrogens with zero attached hydrogens (tertiary/aromatic N) is 3. The van der Waals surface area contributed by atoms with E-state index >= 15 is 0 Å². The van der Waals surface area contributed by atoms with Crippen LogP contribution in [0.2, 0.25) is 0 Å². The second-order valence-corrected chi connectivity index (χ2v) is 4.29. The molecule has 2 N–H and O–H groups in total. The minimum atomic E-state index is -0.102. The van der Waals surface area contributed by atoms with Crippen molar-refractivity contribution in [1.82, 2.24) is 19.7 Å². The van der Waals surface area contributed by atoms with Gasteiger partial charge in [-0.3, -0.25) is 9.48 Å². The van der Waals surface area contributed by atoms with Crippen LogP contribution in [0, 0.1) is 0 Å². The highest BCUT2D eigenvalue weighted by Gasteiger charge is 2.02. The molecule has 0 atom stereocenters. The number of aryl methyl sites for hydroxylation is 1. The van der Waals surface area contributed by atoms with Crippen LogP contribution in [-0.2, 0) is 13.6 Å². The normalized spacial score (nSPS) is 10.8. The van der Waals surface area contributed by atoms with E-state index in [1.807, 2.05) is 31.3 Å². The number of anilines is 1. The molecule has 0 aliphatic heterocycles. The SMILES string of the molecule is Cn1cnc(CNc2cc3ccccc3c(=O)[nH]2)n1.